The van der Waals surface area contributed by atoms with Crippen molar-refractivity contribution in [2.24, 2.45) is 0 Å². The van der Waals surface area contributed by atoms with E-state index in [1.54, 1.807) is 0 Å². The lowest BCUT2D eigenvalue weighted by molar-refractivity contribution is -0.387. The highest BCUT2D eigenvalue weighted by molar-refractivity contribution is 5.49. The highest BCUT2D eigenvalue weighted by Gasteiger charge is 2.14. The van der Waals surface area contributed by atoms with Gasteiger partial charge in [0.15, 0.2) is 0 Å². The highest BCUT2D eigenvalue weighted by Crippen LogP contribution is 2.20. The van der Waals surface area contributed by atoms with Crippen molar-refractivity contribution in [1.82, 2.24) is 0 Å². The summed E-state index contributed by atoms with van der Waals surface area (Å²) in [5, 5.41) is 23.1. The van der Waals surface area contributed by atoms with E-state index in [2.05, 4.69) is 5.32 Å². The zero-order valence-corrected chi connectivity index (χ0v) is 12.3. The second-order valence-corrected chi connectivity index (χ2v) is 4.96. The van der Waals surface area contributed by atoms with Gasteiger partial charge in [-0.25, -0.2) is 0 Å². The molecule has 2 N–H and O–H groups in total. The molecule has 0 heterocycles. The van der Waals surface area contributed by atoms with Crippen LogP contribution < -0.4 is 5.32 Å². The number of hydrogen-bond acceptors (Lipinski definition) is 5. The SMILES string of the molecule is O=[N+]([O-])c1ccc(NCC(O)COCc2ccccc2)cc1F. The van der Waals surface area contributed by atoms with Crippen molar-refractivity contribution in [3.8, 4) is 0 Å². The molecule has 0 fully saturated rings. The number of aliphatic hydroxyl groups excluding tert-OH is 1. The Labute approximate surface area is 132 Å². The standard InChI is InChI=1S/C16H17FN2O4/c17-15-8-13(6-7-16(15)19(21)22)18-9-14(20)11-23-10-12-4-2-1-3-5-12/h1-8,14,18,20H,9-11H2. The van der Waals surface area contributed by atoms with E-state index >= 15 is 0 Å². The number of nitrogens with zero attached hydrogens (tertiary/aromatic N) is 1. The number of ether oxygens (including phenoxy) is 1. The fraction of sp³-hybridized carbons (Fsp3) is 0.250. The maximum absolute atomic E-state index is 13.4. The molecule has 2 aromatic carbocycles. The molecular weight excluding hydrogens is 303 g/mol. The van der Waals surface area contributed by atoms with E-state index in [1.165, 1.54) is 6.07 Å². The Morgan fingerprint density at radius 1 is 1.26 bits per heavy atom. The summed E-state index contributed by atoms with van der Waals surface area (Å²) in [7, 11) is 0. The summed E-state index contributed by atoms with van der Waals surface area (Å²) < 4.78 is 18.8. The Morgan fingerprint density at radius 2 is 2.00 bits per heavy atom. The summed E-state index contributed by atoms with van der Waals surface area (Å²) in [6.07, 6.45) is -0.781. The molecule has 0 saturated heterocycles. The lowest BCUT2D eigenvalue weighted by Crippen LogP contribution is -2.24. The molecule has 0 aliphatic rings. The second-order valence-electron chi connectivity index (χ2n) is 4.96. The van der Waals surface area contributed by atoms with E-state index in [9.17, 15) is 19.6 Å². The summed E-state index contributed by atoms with van der Waals surface area (Å²) >= 11 is 0. The second kappa shape index (κ2) is 8.21. The molecular formula is C16H17FN2O4. The Balaban J connectivity index is 1.75. The fourth-order valence-electron chi connectivity index (χ4n) is 1.95. The molecule has 7 heteroatoms. The van der Waals surface area contributed by atoms with Gasteiger partial charge in [0.1, 0.15) is 0 Å². The molecule has 23 heavy (non-hydrogen) atoms. The van der Waals surface area contributed by atoms with Gasteiger partial charge >= 0.3 is 5.69 Å². The van der Waals surface area contributed by atoms with Crippen molar-refractivity contribution in [2.75, 3.05) is 18.5 Å². The molecule has 0 bridgehead atoms. The third-order valence-corrected chi connectivity index (χ3v) is 3.11. The molecule has 0 aliphatic heterocycles. The molecule has 6 nitrogen and oxygen atoms in total. The zero-order chi connectivity index (χ0) is 16.7. The summed E-state index contributed by atoms with van der Waals surface area (Å²) in [5.74, 6) is -0.921. The van der Waals surface area contributed by atoms with Gasteiger partial charge in [-0.15, -0.1) is 0 Å². The van der Waals surface area contributed by atoms with Crippen LogP contribution >= 0.6 is 0 Å². The Kier molecular flexibility index (Phi) is 6.02. The monoisotopic (exact) mass is 320 g/mol. The molecule has 0 spiro atoms. The van der Waals surface area contributed by atoms with Crippen LogP contribution in [-0.2, 0) is 11.3 Å². The highest BCUT2D eigenvalue weighted by atomic mass is 19.1. The number of anilines is 1. The van der Waals surface area contributed by atoms with Crippen LogP contribution in [0, 0.1) is 15.9 Å². The summed E-state index contributed by atoms with van der Waals surface area (Å²) in [6.45, 7) is 0.660. The van der Waals surface area contributed by atoms with Gasteiger partial charge in [0.05, 0.1) is 24.2 Å². The molecule has 0 aromatic heterocycles. The van der Waals surface area contributed by atoms with Gasteiger partial charge in [-0.05, 0) is 11.6 Å². The largest absolute Gasteiger partial charge is 0.389 e. The van der Waals surface area contributed by atoms with E-state index in [-0.39, 0.29) is 13.2 Å². The lowest BCUT2D eigenvalue weighted by Gasteiger charge is -2.13. The Bertz CT molecular complexity index is 652. The number of nitro benzene ring substituents is 1. The fourth-order valence-corrected chi connectivity index (χ4v) is 1.95. The van der Waals surface area contributed by atoms with Crippen LogP contribution in [0.15, 0.2) is 48.5 Å². The maximum atomic E-state index is 13.4. The lowest BCUT2D eigenvalue weighted by atomic mass is 10.2. The first-order valence-corrected chi connectivity index (χ1v) is 7.04. The van der Waals surface area contributed by atoms with Crippen LogP contribution in [-0.4, -0.2) is 29.3 Å². The molecule has 0 amide bonds. The van der Waals surface area contributed by atoms with Crippen LogP contribution in [0.4, 0.5) is 15.8 Å². The first-order chi connectivity index (χ1) is 11.1. The maximum Gasteiger partial charge on any atom is 0.304 e. The van der Waals surface area contributed by atoms with Crippen molar-refractivity contribution in [3.05, 3.63) is 70.0 Å². The number of hydrogen-bond donors (Lipinski definition) is 2. The predicted octanol–water partition coefficient (Wildman–Crippen LogP) is 2.72. The number of rotatable bonds is 8. The molecule has 0 aliphatic carbocycles. The number of halogens is 1. The number of aliphatic hydroxyl groups is 1. The van der Waals surface area contributed by atoms with Gasteiger partial charge in [-0.3, -0.25) is 10.1 Å². The average Bonchev–Trinajstić information content (AvgIpc) is 2.53. The predicted molar refractivity (Wildman–Crippen MR) is 83.6 cm³/mol. The minimum Gasteiger partial charge on any atom is -0.389 e. The van der Waals surface area contributed by atoms with Crippen molar-refractivity contribution < 1.29 is 19.2 Å². The van der Waals surface area contributed by atoms with E-state index in [0.29, 0.717) is 12.3 Å². The van der Waals surface area contributed by atoms with E-state index in [0.717, 1.165) is 17.7 Å². The van der Waals surface area contributed by atoms with Gasteiger partial charge in [0.25, 0.3) is 0 Å². The van der Waals surface area contributed by atoms with Crippen molar-refractivity contribution >= 4 is 11.4 Å². The zero-order valence-electron chi connectivity index (χ0n) is 12.3. The van der Waals surface area contributed by atoms with Crippen molar-refractivity contribution in [2.45, 2.75) is 12.7 Å². The van der Waals surface area contributed by atoms with Crippen LogP contribution in [0.5, 0.6) is 0 Å². The third-order valence-electron chi connectivity index (χ3n) is 3.11. The molecule has 2 rings (SSSR count). The van der Waals surface area contributed by atoms with E-state index < -0.39 is 22.5 Å². The summed E-state index contributed by atoms with van der Waals surface area (Å²) in [5.41, 5.74) is 0.780. The normalized spacial score (nSPS) is 11.9. The first kappa shape index (κ1) is 16.9. The number of nitro groups is 1. The van der Waals surface area contributed by atoms with Gasteiger partial charge in [0.2, 0.25) is 5.82 Å². The van der Waals surface area contributed by atoms with E-state index in [1.807, 2.05) is 30.3 Å². The van der Waals surface area contributed by atoms with Crippen LogP contribution in [0.3, 0.4) is 0 Å². The van der Waals surface area contributed by atoms with E-state index in [4.69, 9.17) is 4.74 Å². The Morgan fingerprint density at radius 3 is 2.65 bits per heavy atom. The van der Waals surface area contributed by atoms with Gasteiger partial charge in [-0.1, -0.05) is 30.3 Å². The number of nitrogens with one attached hydrogen (secondary N) is 1. The quantitative estimate of drug-likeness (QED) is 0.577. The van der Waals surface area contributed by atoms with Gasteiger partial charge in [-0.2, -0.15) is 4.39 Å². The number of benzene rings is 2. The molecule has 0 saturated carbocycles. The molecule has 0 radical (unpaired) electrons. The van der Waals surface area contributed by atoms with Crippen molar-refractivity contribution in [3.63, 3.8) is 0 Å². The topological polar surface area (TPSA) is 84.6 Å². The van der Waals surface area contributed by atoms with Gasteiger partial charge < -0.3 is 15.2 Å². The summed E-state index contributed by atoms with van der Waals surface area (Å²) in [6, 6.07) is 13.0. The van der Waals surface area contributed by atoms with Crippen LogP contribution in [0.2, 0.25) is 0 Å². The molecule has 1 atom stereocenters. The summed E-state index contributed by atoms with van der Waals surface area (Å²) in [4.78, 5) is 9.74. The molecule has 122 valence electrons. The Hall–Kier alpha value is -2.51. The first-order valence-electron chi connectivity index (χ1n) is 7.04. The third kappa shape index (κ3) is 5.32. The van der Waals surface area contributed by atoms with Crippen LogP contribution in [0.1, 0.15) is 5.56 Å². The van der Waals surface area contributed by atoms with Gasteiger partial charge in [0, 0.05) is 24.4 Å². The molecule has 2 aromatic rings. The average molecular weight is 320 g/mol. The minimum absolute atomic E-state index is 0.122. The van der Waals surface area contributed by atoms with Crippen LogP contribution in [0.25, 0.3) is 0 Å². The minimum atomic E-state index is -0.921. The molecule has 1 unspecified atom stereocenters. The van der Waals surface area contributed by atoms with Crippen molar-refractivity contribution in [1.29, 1.82) is 0 Å². The smallest absolute Gasteiger partial charge is 0.304 e.